The lowest BCUT2D eigenvalue weighted by molar-refractivity contribution is -0.696. The van der Waals surface area contributed by atoms with Crippen molar-refractivity contribution in [1.29, 1.82) is 0 Å². The van der Waals surface area contributed by atoms with Gasteiger partial charge in [-0.3, -0.25) is 4.98 Å². The Morgan fingerprint density at radius 3 is 2.56 bits per heavy atom. The molecule has 0 amide bonds. The first kappa shape index (κ1) is 13.3. The third-order valence-corrected chi connectivity index (χ3v) is 2.65. The molecule has 16 heavy (non-hydrogen) atoms. The monoisotopic (exact) mass is 300 g/mol. The fraction of sp³-hybridized carbons (Fsp3) is 0.250. The number of H-pyrrole nitrogens is 1. The molecule has 0 radical (unpaired) electrons. The topological polar surface area (TPSA) is 19.7 Å². The van der Waals surface area contributed by atoms with E-state index >= 15 is 0 Å². The van der Waals surface area contributed by atoms with Gasteiger partial charge in [-0.15, -0.1) is 0 Å². The lowest BCUT2D eigenvalue weighted by atomic mass is 10.1. The van der Waals surface area contributed by atoms with Gasteiger partial charge < -0.3 is 17.0 Å². The highest BCUT2D eigenvalue weighted by Crippen LogP contribution is 2.10. The zero-order chi connectivity index (χ0) is 10.5. The van der Waals surface area contributed by atoms with E-state index in [-0.39, 0.29) is 17.0 Å². The SMILES string of the molecule is Clc1ccc(CCC[n+]2cc[nH]c2)cc1.[Br-]. The number of aromatic nitrogens is 2. The summed E-state index contributed by atoms with van der Waals surface area (Å²) in [6, 6.07) is 8.06. The van der Waals surface area contributed by atoms with E-state index in [0.29, 0.717) is 0 Å². The van der Waals surface area contributed by atoms with E-state index in [9.17, 15) is 0 Å². The molecular weight excluding hydrogens is 288 g/mol. The molecule has 86 valence electrons. The number of nitrogens with zero attached hydrogens (tertiary/aromatic N) is 1. The predicted octanol–water partition coefficient (Wildman–Crippen LogP) is -0.408. The van der Waals surface area contributed by atoms with Crippen LogP contribution in [0.25, 0.3) is 0 Å². The Morgan fingerprint density at radius 1 is 1.19 bits per heavy atom. The van der Waals surface area contributed by atoms with E-state index in [2.05, 4.69) is 21.7 Å². The van der Waals surface area contributed by atoms with Crippen LogP contribution in [0.15, 0.2) is 43.0 Å². The molecule has 0 spiro atoms. The first-order valence-electron chi connectivity index (χ1n) is 5.11. The molecule has 2 rings (SSSR count). The number of rotatable bonds is 4. The first-order chi connectivity index (χ1) is 7.34. The Bertz CT molecular complexity index is 397. The van der Waals surface area contributed by atoms with Crippen molar-refractivity contribution < 1.29 is 21.5 Å². The zero-order valence-corrected chi connectivity index (χ0v) is 11.2. The highest BCUT2D eigenvalue weighted by molar-refractivity contribution is 6.30. The van der Waals surface area contributed by atoms with Crippen LogP contribution in [0.4, 0.5) is 0 Å². The van der Waals surface area contributed by atoms with E-state index in [1.807, 2.05) is 30.9 Å². The molecule has 0 fully saturated rings. The van der Waals surface area contributed by atoms with E-state index < -0.39 is 0 Å². The predicted molar refractivity (Wildman–Crippen MR) is 60.8 cm³/mol. The van der Waals surface area contributed by atoms with Crippen LogP contribution in [0.3, 0.4) is 0 Å². The summed E-state index contributed by atoms with van der Waals surface area (Å²) in [6.45, 7) is 1.05. The Hall–Kier alpha value is -0.800. The van der Waals surface area contributed by atoms with Crippen LogP contribution in [0, 0.1) is 0 Å². The maximum Gasteiger partial charge on any atom is 0.241 e. The molecule has 2 nitrogen and oxygen atoms in total. The van der Waals surface area contributed by atoms with Crippen LogP contribution in [-0.2, 0) is 13.0 Å². The smallest absolute Gasteiger partial charge is 0.241 e. The Labute approximate surface area is 111 Å². The second kappa shape index (κ2) is 6.71. The molecule has 4 heteroatoms. The summed E-state index contributed by atoms with van der Waals surface area (Å²) in [5, 5.41) is 0.804. The van der Waals surface area contributed by atoms with Crippen molar-refractivity contribution in [3.05, 3.63) is 53.6 Å². The second-order valence-electron chi connectivity index (χ2n) is 3.58. The lowest BCUT2D eigenvalue weighted by Gasteiger charge is -1.99. The van der Waals surface area contributed by atoms with Gasteiger partial charge in [-0.1, -0.05) is 23.7 Å². The van der Waals surface area contributed by atoms with Gasteiger partial charge >= 0.3 is 0 Å². The molecule has 0 bridgehead atoms. The van der Waals surface area contributed by atoms with Crippen molar-refractivity contribution in [2.24, 2.45) is 0 Å². The van der Waals surface area contributed by atoms with Gasteiger partial charge in [0.1, 0.15) is 12.4 Å². The molecule has 0 aliphatic heterocycles. The number of halogens is 2. The van der Waals surface area contributed by atoms with Gasteiger partial charge in [0.15, 0.2) is 0 Å². The third-order valence-electron chi connectivity index (χ3n) is 2.40. The molecule has 0 unspecified atom stereocenters. The summed E-state index contributed by atoms with van der Waals surface area (Å²) in [5.41, 5.74) is 1.34. The molecule has 0 saturated carbocycles. The number of hydrogen-bond acceptors (Lipinski definition) is 0. The van der Waals surface area contributed by atoms with Crippen molar-refractivity contribution in [3.8, 4) is 0 Å². The van der Waals surface area contributed by atoms with Crippen LogP contribution >= 0.6 is 11.6 Å². The highest BCUT2D eigenvalue weighted by Gasteiger charge is 1.98. The normalized spacial score (nSPS) is 9.81. The van der Waals surface area contributed by atoms with Crippen molar-refractivity contribution in [3.63, 3.8) is 0 Å². The molecular formula is C12H14BrClN2. The van der Waals surface area contributed by atoms with Gasteiger partial charge in [0.05, 0.1) is 6.54 Å². The van der Waals surface area contributed by atoms with Crippen LogP contribution < -0.4 is 21.5 Å². The molecule has 0 aliphatic rings. The number of hydrogen-bond donors (Lipinski definition) is 1. The van der Waals surface area contributed by atoms with Crippen molar-refractivity contribution in [2.75, 3.05) is 0 Å². The number of nitrogens with one attached hydrogen (secondary N) is 1. The van der Waals surface area contributed by atoms with Gasteiger partial charge in [-0.25, -0.2) is 4.57 Å². The Kier molecular flexibility index (Phi) is 5.56. The number of imidazole rings is 1. The summed E-state index contributed by atoms with van der Waals surface area (Å²) in [7, 11) is 0. The molecule has 2 aromatic rings. The third kappa shape index (κ3) is 3.99. The fourth-order valence-electron chi connectivity index (χ4n) is 1.58. The molecule has 0 atom stereocenters. The fourth-order valence-corrected chi connectivity index (χ4v) is 1.70. The molecule has 0 aliphatic carbocycles. The number of aryl methyl sites for hydroxylation is 2. The Morgan fingerprint density at radius 2 is 1.94 bits per heavy atom. The largest absolute Gasteiger partial charge is 1.00 e. The zero-order valence-electron chi connectivity index (χ0n) is 8.87. The van der Waals surface area contributed by atoms with Gasteiger partial charge in [0, 0.05) is 5.02 Å². The summed E-state index contributed by atoms with van der Waals surface area (Å²) in [4.78, 5) is 3.03. The molecule has 0 saturated heterocycles. The van der Waals surface area contributed by atoms with Gasteiger partial charge in [-0.05, 0) is 30.5 Å². The minimum absolute atomic E-state index is 0. The maximum absolute atomic E-state index is 5.82. The van der Waals surface area contributed by atoms with E-state index in [0.717, 1.165) is 24.4 Å². The minimum atomic E-state index is 0. The standard InChI is InChI=1S/C12H13ClN2.BrH/c13-12-5-3-11(4-6-12)2-1-8-15-9-7-14-10-15;/h3-7,9-10H,1-2,8H2;1H. The van der Waals surface area contributed by atoms with Gasteiger partial charge in [0.25, 0.3) is 0 Å². The van der Waals surface area contributed by atoms with E-state index in [1.54, 1.807) is 0 Å². The lowest BCUT2D eigenvalue weighted by Crippen LogP contribution is -3.00. The first-order valence-corrected chi connectivity index (χ1v) is 5.49. The average Bonchev–Trinajstić information content (AvgIpc) is 2.74. The average molecular weight is 302 g/mol. The maximum atomic E-state index is 5.82. The summed E-state index contributed by atoms with van der Waals surface area (Å²) >= 11 is 5.82. The summed E-state index contributed by atoms with van der Waals surface area (Å²) in [6.07, 6.45) is 8.19. The van der Waals surface area contributed by atoms with Crippen LogP contribution in [0.5, 0.6) is 0 Å². The van der Waals surface area contributed by atoms with Gasteiger partial charge in [0.2, 0.25) is 6.33 Å². The molecule has 1 N–H and O–H groups in total. The Balaban J connectivity index is 0.00000128. The van der Waals surface area contributed by atoms with Crippen LogP contribution in [0.2, 0.25) is 5.02 Å². The van der Waals surface area contributed by atoms with Crippen molar-refractivity contribution in [2.45, 2.75) is 19.4 Å². The minimum Gasteiger partial charge on any atom is -1.00 e. The van der Waals surface area contributed by atoms with Crippen LogP contribution in [-0.4, -0.2) is 4.98 Å². The van der Waals surface area contributed by atoms with E-state index in [4.69, 9.17) is 11.6 Å². The highest BCUT2D eigenvalue weighted by atomic mass is 79.9. The van der Waals surface area contributed by atoms with Crippen molar-refractivity contribution in [1.82, 2.24) is 4.98 Å². The molecule has 1 heterocycles. The van der Waals surface area contributed by atoms with Crippen LogP contribution in [0.1, 0.15) is 12.0 Å². The number of benzene rings is 1. The number of aromatic amines is 1. The summed E-state index contributed by atoms with van der Waals surface area (Å²) in [5.74, 6) is 0. The summed E-state index contributed by atoms with van der Waals surface area (Å²) < 4.78 is 2.15. The second-order valence-corrected chi connectivity index (χ2v) is 4.02. The molecule has 1 aromatic carbocycles. The van der Waals surface area contributed by atoms with Crippen molar-refractivity contribution >= 4 is 11.6 Å². The van der Waals surface area contributed by atoms with Gasteiger partial charge in [-0.2, -0.15) is 0 Å². The molecule has 1 aromatic heterocycles. The quantitative estimate of drug-likeness (QED) is 0.741. The van der Waals surface area contributed by atoms with E-state index in [1.165, 1.54) is 5.56 Å².